The minimum Gasteiger partial charge on any atom is -0.338 e. The molecular formula is C7H12N2. The second kappa shape index (κ2) is 2.76. The molecule has 2 heteroatoms. The van der Waals surface area contributed by atoms with E-state index in [4.69, 9.17) is 0 Å². The summed E-state index contributed by atoms with van der Waals surface area (Å²) >= 11 is 0. The molecule has 0 aromatic carbocycles. The van der Waals surface area contributed by atoms with E-state index in [0.29, 0.717) is 0 Å². The first-order chi connectivity index (χ1) is 4.33. The number of hydrogen-bond acceptors (Lipinski definition) is 1. The predicted octanol–water partition coefficient (Wildman–Crippen LogP) is 0.378. The van der Waals surface area contributed by atoms with Gasteiger partial charge in [0.15, 0.2) is 13.1 Å². The van der Waals surface area contributed by atoms with Crippen LogP contribution < -0.4 is 0 Å². The molecule has 0 fully saturated rings. The van der Waals surface area contributed by atoms with E-state index in [1.165, 1.54) is 5.71 Å². The van der Waals surface area contributed by atoms with Crippen molar-refractivity contribution in [2.45, 2.75) is 6.42 Å². The van der Waals surface area contributed by atoms with Crippen LogP contribution in [0.5, 0.6) is 0 Å². The van der Waals surface area contributed by atoms with Gasteiger partial charge in [0.25, 0.3) is 0 Å². The summed E-state index contributed by atoms with van der Waals surface area (Å²) in [7, 11) is 0. The fraction of sp³-hybridized carbons (Fsp3) is 0.571. The minimum atomic E-state index is 0.825. The van der Waals surface area contributed by atoms with Crippen molar-refractivity contribution in [3.05, 3.63) is 6.92 Å². The summed E-state index contributed by atoms with van der Waals surface area (Å²) in [5.41, 5.74) is 1.18. The SMILES string of the molecule is C=[N+]1CCN=C(C[CH2-])C1. The molecule has 0 saturated heterocycles. The molecule has 1 heterocycles. The lowest BCUT2D eigenvalue weighted by molar-refractivity contribution is -0.504. The van der Waals surface area contributed by atoms with Gasteiger partial charge in [-0.1, -0.05) is 0 Å². The van der Waals surface area contributed by atoms with E-state index < -0.39 is 0 Å². The highest BCUT2D eigenvalue weighted by Gasteiger charge is 2.08. The Bertz CT molecular complexity index is 147. The summed E-state index contributed by atoms with van der Waals surface area (Å²) < 4.78 is 2.02. The lowest BCUT2D eigenvalue weighted by Gasteiger charge is -2.09. The zero-order valence-electron chi connectivity index (χ0n) is 5.64. The van der Waals surface area contributed by atoms with Crippen LogP contribution in [0.15, 0.2) is 4.99 Å². The van der Waals surface area contributed by atoms with Crippen molar-refractivity contribution in [2.24, 2.45) is 4.99 Å². The zero-order valence-corrected chi connectivity index (χ0v) is 5.64. The molecule has 2 nitrogen and oxygen atoms in total. The molecule has 0 atom stereocenters. The van der Waals surface area contributed by atoms with Crippen LogP contribution in [-0.4, -0.2) is 36.6 Å². The Morgan fingerprint density at radius 1 is 1.78 bits per heavy atom. The van der Waals surface area contributed by atoms with Crippen LogP contribution >= 0.6 is 0 Å². The molecule has 0 N–H and O–H groups in total. The zero-order chi connectivity index (χ0) is 6.69. The van der Waals surface area contributed by atoms with Crippen molar-refractivity contribution in [3.63, 3.8) is 0 Å². The van der Waals surface area contributed by atoms with Crippen molar-refractivity contribution in [1.29, 1.82) is 0 Å². The molecule has 0 unspecified atom stereocenters. The maximum absolute atomic E-state index is 4.27. The maximum atomic E-state index is 4.27. The van der Waals surface area contributed by atoms with Crippen LogP contribution in [0, 0.1) is 6.92 Å². The van der Waals surface area contributed by atoms with Crippen molar-refractivity contribution in [2.75, 3.05) is 19.6 Å². The first-order valence-corrected chi connectivity index (χ1v) is 3.20. The topological polar surface area (TPSA) is 15.4 Å². The van der Waals surface area contributed by atoms with Crippen LogP contribution in [0.4, 0.5) is 0 Å². The summed E-state index contributed by atoms with van der Waals surface area (Å²) in [6.07, 6.45) is 0.825. The molecule has 50 valence electrons. The fourth-order valence-corrected chi connectivity index (χ4v) is 0.895. The van der Waals surface area contributed by atoms with Gasteiger partial charge in [0, 0.05) is 5.71 Å². The third kappa shape index (κ3) is 1.63. The number of rotatable bonds is 1. The minimum absolute atomic E-state index is 0.825. The lowest BCUT2D eigenvalue weighted by Crippen LogP contribution is -2.27. The van der Waals surface area contributed by atoms with Gasteiger partial charge in [0.1, 0.15) is 6.72 Å². The van der Waals surface area contributed by atoms with E-state index >= 15 is 0 Å². The highest BCUT2D eigenvalue weighted by Crippen LogP contribution is 1.93. The van der Waals surface area contributed by atoms with Gasteiger partial charge < -0.3 is 6.92 Å². The van der Waals surface area contributed by atoms with Gasteiger partial charge in [0.2, 0.25) is 0 Å². The first kappa shape index (κ1) is 6.46. The second-order valence-electron chi connectivity index (χ2n) is 2.25. The molecule has 0 bridgehead atoms. The highest BCUT2D eigenvalue weighted by atomic mass is 15.0. The van der Waals surface area contributed by atoms with E-state index in [-0.39, 0.29) is 0 Å². The van der Waals surface area contributed by atoms with Crippen LogP contribution in [0.2, 0.25) is 0 Å². The van der Waals surface area contributed by atoms with E-state index in [1.54, 1.807) is 0 Å². The molecule has 0 aromatic heterocycles. The van der Waals surface area contributed by atoms with E-state index in [0.717, 1.165) is 26.1 Å². The van der Waals surface area contributed by atoms with Gasteiger partial charge >= 0.3 is 0 Å². The molecule has 0 saturated carbocycles. The Hall–Kier alpha value is -0.660. The third-order valence-electron chi connectivity index (χ3n) is 1.45. The average Bonchev–Trinajstić information content (AvgIpc) is 1.88. The van der Waals surface area contributed by atoms with E-state index in [2.05, 4.69) is 18.6 Å². The molecule has 0 amide bonds. The standard InChI is InChI=1S/C7H12N2/c1-3-7-6-9(2)5-4-8-7/h1-6H2. The Kier molecular flexibility index (Phi) is 1.98. The van der Waals surface area contributed by atoms with Gasteiger partial charge in [-0.2, -0.15) is 0 Å². The Balaban J connectivity index is 2.53. The van der Waals surface area contributed by atoms with Crippen LogP contribution in [-0.2, 0) is 0 Å². The molecule has 0 spiro atoms. The normalized spacial score (nSPS) is 19.7. The van der Waals surface area contributed by atoms with Crippen LogP contribution in [0.1, 0.15) is 6.42 Å². The number of aliphatic imine (C=N–C) groups is 1. The van der Waals surface area contributed by atoms with Gasteiger partial charge in [-0.05, 0) is 0 Å². The number of nitrogens with zero attached hydrogens (tertiary/aromatic N) is 2. The molecule has 1 rings (SSSR count). The van der Waals surface area contributed by atoms with Crippen molar-refractivity contribution < 1.29 is 4.58 Å². The van der Waals surface area contributed by atoms with Gasteiger partial charge in [0.05, 0.1) is 6.54 Å². The molecule has 1 aliphatic rings. The molecule has 0 aliphatic carbocycles. The summed E-state index contributed by atoms with van der Waals surface area (Å²) in [5.74, 6) is 0. The second-order valence-corrected chi connectivity index (χ2v) is 2.25. The Morgan fingerprint density at radius 3 is 3.00 bits per heavy atom. The smallest absolute Gasteiger partial charge is 0.177 e. The van der Waals surface area contributed by atoms with Crippen molar-refractivity contribution in [3.8, 4) is 0 Å². The first-order valence-electron chi connectivity index (χ1n) is 3.20. The summed E-state index contributed by atoms with van der Waals surface area (Å²) in [6, 6.07) is 0. The Labute approximate surface area is 55.9 Å². The number of hydrogen-bond donors (Lipinski definition) is 0. The van der Waals surface area contributed by atoms with E-state index in [1.807, 2.05) is 4.58 Å². The third-order valence-corrected chi connectivity index (χ3v) is 1.45. The van der Waals surface area contributed by atoms with E-state index in [9.17, 15) is 0 Å². The monoisotopic (exact) mass is 124 g/mol. The predicted molar refractivity (Wildman–Crippen MR) is 39.4 cm³/mol. The maximum Gasteiger partial charge on any atom is 0.177 e. The van der Waals surface area contributed by atoms with Gasteiger partial charge in [-0.3, -0.25) is 4.99 Å². The fourth-order valence-electron chi connectivity index (χ4n) is 0.895. The average molecular weight is 124 g/mol. The molecule has 1 aliphatic heterocycles. The Morgan fingerprint density at radius 2 is 2.56 bits per heavy atom. The summed E-state index contributed by atoms with van der Waals surface area (Å²) in [5, 5.41) is 0. The largest absolute Gasteiger partial charge is 0.338 e. The molecular weight excluding hydrogens is 112 g/mol. The van der Waals surface area contributed by atoms with Crippen molar-refractivity contribution in [1.82, 2.24) is 0 Å². The quantitative estimate of drug-likeness (QED) is 0.355. The molecule has 9 heavy (non-hydrogen) atoms. The molecule has 0 radical (unpaired) electrons. The van der Waals surface area contributed by atoms with Crippen LogP contribution in [0.25, 0.3) is 0 Å². The van der Waals surface area contributed by atoms with Crippen molar-refractivity contribution >= 4 is 12.4 Å². The van der Waals surface area contributed by atoms with Gasteiger partial charge in [-0.25, -0.2) is 4.58 Å². The van der Waals surface area contributed by atoms with Gasteiger partial charge in [-0.15, -0.1) is 6.42 Å². The summed E-state index contributed by atoms with van der Waals surface area (Å²) in [6.45, 7) is 10.4. The van der Waals surface area contributed by atoms with Crippen LogP contribution in [0.3, 0.4) is 0 Å². The highest BCUT2D eigenvalue weighted by molar-refractivity contribution is 5.86. The molecule has 0 aromatic rings. The lowest BCUT2D eigenvalue weighted by atomic mass is 10.2. The summed E-state index contributed by atoms with van der Waals surface area (Å²) in [4.78, 5) is 4.27.